The third-order valence-electron chi connectivity index (χ3n) is 5.47. The molecule has 4 rings (SSSR count). The normalized spacial score (nSPS) is 11.4. The predicted octanol–water partition coefficient (Wildman–Crippen LogP) is 3.46. The molecule has 0 radical (unpaired) electrons. The minimum absolute atomic E-state index is 0. The number of ether oxygens (including phenoxy) is 1. The van der Waals surface area contributed by atoms with Crippen molar-refractivity contribution < 1.29 is 57.2 Å². The molecule has 0 spiro atoms. The second-order valence-electron chi connectivity index (χ2n) is 7.85. The quantitative estimate of drug-likeness (QED) is 0.203. The van der Waals surface area contributed by atoms with Crippen LogP contribution in [0.15, 0.2) is 75.8 Å². The molecule has 0 heterocycles. The molecule has 13 heteroatoms. The van der Waals surface area contributed by atoms with Crippen molar-refractivity contribution in [3.05, 3.63) is 81.8 Å². The molecule has 0 saturated carbocycles. The molecule has 1 amide bonds. The third kappa shape index (κ3) is 6.29. The van der Waals surface area contributed by atoms with E-state index < -0.39 is 26.7 Å². The molecule has 0 fully saturated rings. The summed E-state index contributed by atoms with van der Waals surface area (Å²) in [6.07, 6.45) is 0. The summed E-state index contributed by atoms with van der Waals surface area (Å²) in [5, 5.41) is 25.2. The van der Waals surface area contributed by atoms with Gasteiger partial charge in [0, 0.05) is 22.0 Å². The number of carbonyl (C=O) groups is 1. The summed E-state index contributed by atoms with van der Waals surface area (Å²) in [6.45, 7) is 1.42. The van der Waals surface area contributed by atoms with E-state index in [1.807, 2.05) is 0 Å². The zero-order valence-corrected chi connectivity index (χ0v) is 24.6. The number of nitrogens with zero attached hydrogens (tertiary/aromatic N) is 2. The number of hydrogen-bond donors (Lipinski definition) is 2. The molecule has 0 bridgehead atoms. The largest absolute Gasteiger partial charge is 1.00 e. The van der Waals surface area contributed by atoms with E-state index in [2.05, 4.69) is 15.5 Å². The van der Waals surface area contributed by atoms with Crippen molar-refractivity contribution in [2.24, 2.45) is 10.2 Å². The number of hydrogen-bond acceptors (Lipinski definition) is 7. The SMILES string of the molecule is COc1ccc(NC(=O)c2cc3ccccc3c(N=Nc3cc(Cl)c(C)c(S(=O)(=O)O)c3)c2[O-])c(Cl)c1.[Na+]. The smallest absolute Gasteiger partial charge is 0.870 e. The maximum atomic E-state index is 13.3. The van der Waals surface area contributed by atoms with Crippen LogP contribution in [-0.2, 0) is 10.1 Å². The van der Waals surface area contributed by atoms with Crippen LogP contribution in [0.5, 0.6) is 11.5 Å². The number of carbonyl (C=O) groups excluding carboxylic acids is 1. The van der Waals surface area contributed by atoms with E-state index in [0.717, 1.165) is 6.07 Å². The zero-order chi connectivity index (χ0) is 26.9. The van der Waals surface area contributed by atoms with E-state index in [1.165, 1.54) is 32.2 Å². The number of fused-ring (bicyclic) bond motifs is 1. The maximum Gasteiger partial charge on any atom is 1.00 e. The second-order valence-corrected chi connectivity index (χ2v) is 10.1. The third-order valence-corrected chi connectivity index (χ3v) is 7.15. The standard InChI is InChI=1S/C25H19Cl2N3O6S.Na/c1-13-19(26)10-15(11-22(13)37(33,34)35)29-30-23-17-6-4-3-5-14(17)9-18(24(23)31)25(32)28-21-8-7-16(36-2)12-20(21)27;/h3-12,31H,1-2H3,(H,28,32)(H,33,34,35);/q;+1/p-1. The summed E-state index contributed by atoms with van der Waals surface area (Å²) in [6, 6.07) is 15.3. The average Bonchev–Trinajstić information content (AvgIpc) is 2.85. The Balaban J connectivity index is 0.00000400. The van der Waals surface area contributed by atoms with Crippen molar-refractivity contribution >= 4 is 67.1 Å². The number of rotatable bonds is 6. The van der Waals surface area contributed by atoms with Crippen molar-refractivity contribution in [1.29, 1.82) is 0 Å². The molecule has 0 saturated heterocycles. The Hall–Kier alpha value is -2.70. The van der Waals surface area contributed by atoms with Gasteiger partial charge in [-0.25, -0.2) is 0 Å². The van der Waals surface area contributed by atoms with Gasteiger partial charge in [0.2, 0.25) is 0 Å². The van der Waals surface area contributed by atoms with Crippen LogP contribution in [0.4, 0.5) is 17.1 Å². The predicted molar refractivity (Wildman–Crippen MR) is 140 cm³/mol. The van der Waals surface area contributed by atoms with Crippen LogP contribution in [0.2, 0.25) is 10.0 Å². The van der Waals surface area contributed by atoms with Crippen LogP contribution in [0.3, 0.4) is 0 Å². The topological polar surface area (TPSA) is 140 Å². The molecule has 4 aromatic carbocycles. The van der Waals surface area contributed by atoms with E-state index in [1.54, 1.807) is 36.4 Å². The fourth-order valence-corrected chi connectivity index (χ4v) is 4.82. The summed E-state index contributed by atoms with van der Waals surface area (Å²) in [7, 11) is -3.10. The molecule has 0 aromatic heterocycles. The molecule has 0 aliphatic heterocycles. The Bertz CT molecular complexity index is 1700. The van der Waals surface area contributed by atoms with E-state index >= 15 is 0 Å². The van der Waals surface area contributed by atoms with Gasteiger partial charge in [-0.1, -0.05) is 53.2 Å². The molecule has 38 heavy (non-hydrogen) atoms. The Morgan fingerprint density at radius 3 is 2.39 bits per heavy atom. The van der Waals surface area contributed by atoms with Crippen molar-refractivity contribution in [3.63, 3.8) is 0 Å². The molecule has 2 N–H and O–H groups in total. The Morgan fingerprint density at radius 2 is 1.74 bits per heavy atom. The first-order chi connectivity index (χ1) is 17.5. The fourth-order valence-electron chi connectivity index (χ4n) is 3.56. The van der Waals surface area contributed by atoms with Crippen LogP contribution in [0, 0.1) is 6.92 Å². The molecule has 0 aliphatic rings. The number of nitrogens with one attached hydrogen (secondary N) is 1. The number of methoxy groups -OCH3 is 1. The molecule has 9 nitrogen and oxygen atoms in total. The summed E-state index contributed by atoms with van der Waals surface area (Å²) in [4.78, 5) is 12.6. The van der Waals surface area contributed by atoms with Crippen LogP contribution < -0.4 is 44.7 Å². The van der Waals surface area contributed by atoms with Crippen molar-refractivity contribution in [2.45, 2.75) is 11.8 Å². The minimum Gasteiger partial charge on any atom is -0.870 e. The van der Waals surface area contributed by atoms with Gasteiger partial charge in [-0.2, -0.15) is 18.6 Å². The summed E-state index contributed by atoms with van der Waals surface area (Å²) in [5.41, 5.74) is 0.0324. The summed E-state index contributed by atoms with van der Waals surface area (Å²) >= 11 is 12.3. The monoisotopic (exact) mass is 581 g/mol. The minimum atomic E-state index is -4.58. The van der Waals surface area contributed by atoms with E-state index in [4.69, 9.17) is 27.9 Å². The average molecular weight is 582 g/mol. The van der Waals surface area contributed by atoms with Gasteiger partial charge in [0.05, 0.1) is 29.2 Å². The maximum absolute atomic E-state index is 13.3. The molecular weight excluding hydrogens is 564 g/mol. The van der Waals surface area contributed by atoms with Crippen LogP contribution >= 0.6 is 23.2 Å². The molecule has 0 aliphatic carbocycles. The van der Waals surface area contributed by atoms with Crippen molar-refractivity contribution in [3.8, 4) is 11.5 Å². The van der Waals surface area contributed by atoms with Gasteiger partial charge in [-0.3, -0.25) is 9.35 Å². The van der Waals surface area contributed by atoms with E-state index in [-0.39, 0.29) is 67.8 Å². The Labute approximate surface area is 250 Å². The van der Waals surface area contributed by atoms with Gasteiger partial charge in [0.25, 0.3) is 16.0 Å². The van der Waals surface area contributed by atoms with Gasteiger partial charge < -0.3 is 15.2 Å². The van der Waals surface area contributed by atoms with E-state index in [0.29, 0.717) is 16.5 Å². The first-order valence-corrected chi connectivity index (χ1v) is 12.8. The number of amides is 1. The number of benzene rings is 4. The number of halogens is 2. The summed E-state index contributed by atoms with van der Waals surface area (Å²) < 4.78 is 38.0. The van der Waals surface area contributed by atoms with Crippen LogP contribution in [-0.4, -0.2) is 26.0 Å². The molecule has 4 aromatic rings. The van der Waals surface area contributed by atoms with Gasteiger partial charge in [0.15, 0.2) is 0 Å². The van der Waals surface area contributed by atoms with Gasteiger partial charge in [-0.05, 0) is 48.2 Å². The summed E-state index contributed by atoms with van der Waals surface area (Å²) in [5.74, 6) is -0.932. The fraction of sp³-hybridized carbons (Fsp3) is 0.0800. The van der Waals surface area contributed by atoms with E-state index in [9.17, 15) is 22.9 Å². The first-order valence-electron chi connectivity index (χ1n) is 10.6. The van der Waals surface area contributed by atoms with Gasteiger partial charge in [0.1, 0.15) is 10.6 Å². The van der Waals surface area contributed by atoms with Gasteiger partial charge in [-0.15, -0.1) is 0 Å². The Morgan fingerprint density at radius 1 is 1.03 bits per heavy atom. The first kappa shape index (κ1) is 29.9. The molecule has 190 valence electrons. The van der Waals surface area contributed by atoms with Crippen LogP contribution in [0.25, 0.3) is 10.8 Å². The molecular formula is C25H18Cl2N3NaO6S. The van der Waals surface area contributed by atoms with Crippen molar-refractivity contribution in [1.82, 2.24) is 0 Å². The van der Waals surface area contributed by atoms with Crippen molar-refractivity contribution in [2.75, 3.05) is 12.4 Å². The second kappa shape index (κ2) is 12.0. The number of anilines is 1. The zero-order valence-electron chi connectivity index (χ0n) is 20.3. The molecule has 0 unspecified atom stereocenters. The number of azo groups is 1. The van der Waals surface area contributed by atoms with Crippen LogP contribution in [0.1, 0.15) is 15.9 Å². The Kier molecular flexibility index (Phi) is 9.43. The molecule has 0 atom stereocenters. The van der Waals surface area contributed by atoms with Gasteiger partial charge >= 0.3 is 29.6 Å².